The molecule has 47 valence electrons. The molecular formula is C4H10CoO2. The van der Waals surface area contributed by atoms with E-state index < -0.39 is 0 Å². The van der Waals surface area contributed by atoms with Crippen molar-refractivity contribution in [2.75, 3.05) is 13.2 Å². The molecule has 0 N–H and O–H groups in total. The predicted molar refractivity (Wildman–Crippen MR) is 21.1 cm³/mol. The first-order valence-corrected chi connectivity index (χ1v) is 1.99. The molecule has 0 aliphatic rings. The fraction of sp³-hybridized carbons (Fsp3) is 1.00. The molecule has 0 bridgehead atoms. The van der Waals surface area contributed by atoms with Crippen molar-refractivity contribution in [3.8, 4) is 0 Å². The van der Waals surface area contributed by atoms with E-state index in [9.17, 15) is 0 Å². The van der Waals surface area contributed by atoms with Gasteiger partial charge in [0.15, 0.2) is 0 Å². The average molecular weight is 149 g/mol. The van der Waals surface area contributed by atoms with Crippen LogP contribution in [-0.4, -0.2) is 13.2 Å². The van der Waals surface area contributed by atoms with Crippen LogP contribution in [0.1, 0.15) is 13.8 Å². The van der Waals surface area contributed by atoms with E-state index >= 15 is 0 Å². The Kier molecular flexibility index (Phi) is 71.9. The number of hydrogen-bond donors (Lipinski definition) is 0. The summed E-state index contributed by atoms with van der Waals surface area (Å²) in [4.78, 5) is 0. The van der Waals surface area contributed by atoms with Gasteiger partial charge in [0.05, 0.1) is 0 Å². The van der Waals surface area contributed by atoms with Gasteiger partial charge in [-0.1, -0.05) is 13.8 Å². The summed E-state index contributed by atoms with van der Waals surface area (Å²) in [5, 5.41) is 17.9. The number of rotatable bonds is 0. The van der Waals surface area contributed by atoms with Gasteiger partial charge in [-0.25, -0.2) is 0 Å². The van der Waals surface area contributed by atoms with Crippen LogP contribution in [-0.2, 0) is 16.8 Å². The summed E-state index contributed by atoms with van der Waals surface area (Å²) in [5.41, 5.74) is 0. The standard InChI is InChI=1S/2C2H5O.Co/c2*1-2-3;/h2*2H2,1H3;/q2*-1;+2. The van der Waals surface area contributed by atoms with Gasteiger partial charge in [0, 0.05) is 0 Å². The van der Waals surface area contributed by atoms with Crippen molar-refractivity contribution in [3.05, 3.63) is 0 Å². The Bertz CT molecular complexity index is 11.7. The molecule has 7 heavy (non-hydrogen) atoms. The molecule has 0 saturated carbocycles. The summed E-state index contributed by atoms with van der Waals surface area (Å²) in [6, 6.07) is 0. The third kappa shape index (κ3) is 692. The second-order valence-electron chi connectivity index (χ2n) is 0.577. The third-order valence-electron chi connectivity index (χ3n) is 0. The summed E-state index contributed by atoms with van der Waals surface area (Å²) in [6.07, 6.45) is 0. The Labute approximate surface area is 54.7 Å². The van der Waals surface area contributed by atoms with Crippen LogP contribution in [0, 0.1) is 0 Å². The third-order valence-corrected chi connectivity index (χ3v) is 0. The molecule has 0 aromatic rings. The monoisotopic (exact) mass is 149 g/mol. The van der Waals surface area contributed by atoms with E-state index in [0.29, 0.717) is 0 Å². The van der Waals surface area contributed by atoms with Gasteiger partial charge < -0.3 is 10.2 Å². The molecule has 0 aromatic carbocycles. The molecular weight excluding hydrogens is 139 g/mol. The van der Waals surface area contributed by atoms with Gasteiger partial charge in [-0.15, -0.1) is 13.2 Å². The normalized spacial score (nSPS) is 5.14. The second-order valence-corrected chi connectivity index (χ2v) is 0.577. The SMILES string of the molecule is CC[O-].CC[O-].[Co+2]. The van der Waals surface area contributed by atoms with Crippen LogP contribution in [0.5, 0.6) is 0 Å². The maximum Gasteiger partial charge on any atom is 2.00 e. The number of hydrogen-bond acceptors (Lipinski definition) is 2. The first-order valence-electron chi connectivity index (χ1n) is 1.99. The van der Waals surface area contributed by atoms with Crippen LogP contribution in [0.4, 0.5) is 0 Å². The Morgan fingerprint density at radius 2 is 1.00 bits per heavy atom. The molecule has 2 nitrogen and oxygen atoms in total. The molecule has 0 unspecified atom stereocenters. The molecule has 0 aliphatic carbocycles. The minimum absolute atomic E-state index is 0. The minimum atomic E-state index is 0. The predicted octanol–water partition coefficient (Wildman–Crippen LogP) is -1.27. The van der Waals surface area contributed by atoms with E-state index in [-0.39, 0.29) is 30.0 Å². The summed E-state index contributed by atoms with van der Waals surface area (Å²) in [7, 11) is 0. The van der Waals surface area contributed by atoms with Crippen molar-refractivity contribution < 1.29 is 27.0 Å². The van der Waals surface area contributed by atoms with Gasteiger partial charge in [-0.2, -0.15) is 0 Å². The van der Waals surface area contributed by atoms with Gasteiger partial charge >= 0.3 is 16.8 Å². The molecule has 0 atom stereocenters. The van der Waals surface area contributed by atoms with E-state index in [0.717, 1.165) is 0 Å². The first kappa shape index (κ1) is 15.7. The molecule has 0 heterocycles. The summed E-state index contributed by atoms with van der Waals surface area (Å²) in [5.74, 6) is 0. The summed E-state index contributed by atoms with van der Waals surface area (Å²) < 4.78 is 0. The smallest absolute Gasteiger partial charge is 0.855 e. The van der Waals surface area contributed by atoms with E-state index in [4.69, 9.17) is 10.2 Å². The Balaban J connectivity index is -0.0000000400. The molecule has 0 fully saturated rings. The van der Waals surface area contributed by atoms with Gasteiger partial charge in [0.1, 0.15) is 0 Å². The van der Waals surface area contributed by atoms with Crippen LogP contribution >= 0.6 is 0 Å². The van der Waals surface area contributed by atoms with Crippen molar-refractivity contribution in [1.29, 1.82) is 0 Å². The molecule has 0 saturated heterocycles. The van der Waals surface area contributed by atoms with E-state index in [1.165, 1.54) is 0 Å². The zero-order chi connectivity index (χ0) is 5.41. The quantitative estimate of drug-likeness (QED) is 0.431. The Morgan fingerprint density at radius 1 is 1.00 bits per heavy atom. The molecule has 3 heteroatoms. The van der Waals surface area contributed by atoms with Crippen LogP contribution in [0.3, 0.4) is 0 Å². The molecule has 1 radical (unpaired) electrons. The van der Waals surface area contributed by atoms with Crippen molar-refractivity contribution >= 4 is 0 Å². The van der Waals surface area contributed by atoms with E-state index in [2.05, 4.69) is 0 Å². The summed E-state index contributed by atoms with van der Waals surface area (Å²) >= 11 is 0. The fourth-order valence-electron chi connectivity index (χ4n) is 0. The van der Waals surface area contributed by atoms with Crippen molar-refractivity contribution in [1.82, 2.24) is 0 Å². The Hall–Kier alpha value is 0.426. The topological polar surface area (TPSA) is 46.1 Å². The average Bonchev–Trinajstić information content (AvgIpc) is 1.39. The first-order chi connectivity index (χ1) is 2.83. The van der Waals surface area contributed by atoms with Crippen LogP contribution < -0.4 is 10.2 Å². The molecule has 0 spiro atoms. The zero-order valence-corrected chi connectivity index (χ0v) is 5.61. The van der Waals surface area contributed by atoms with Crippen LogP contribution in [0.25, 0.3) is 0 Å². The maximum atomic E-state index is 8.93. The fourth-order valence-corrected chi connectivity index (χ4v) is 0. The molecule has 0 aromatic heterocycles. The van der Waals surface area contributed by atoms with E-state index in [1.54, 1.807) is 13.8 Å². The largest absolute Gasteiger partial charge is 2.00 e. The molecule has 0 aliphatic heterocycles. The Morgan fingerprint density at radius 3 is 1.00 bits per heavy atom. The maximum absolute atomic E-state index is 8.93. The van der Waals surface area contributed by atoms with Crippen molar-refractivity contribution in [2.24, 2.45) is 0 Å². The summed E-state index contributed by atoms with van der Waals surface area (Å²) in [6.45, 7) is 3.14. The van der Waals surface area contributed by atoms with Gasteiger partial charge in [-0.05, 0) is 0 Å². The van der Waals surface area contributed by atoms with Crippen LogP contribution in [0.2, 0.25) is 0 Å². The van der Waals surface area contributed by atoms with Crippen molar-refractivity contribution in [2.45, 2.75) is 13.8 Å². The molecule has 0 amide bonds. The van der Waals surface area contributed by atoms with Gasteiger partial charge in [0.2, 0.25) is 0 Å². The van der Waals surface area contributed by atoms with Gasteiger partial charge in [-0.3, -0.25) is 0 Å². The second kappa shape index (κ2) is 32.1. The molecule has 0 rings (SSSR count). The van der Waals surface area contributed by atoms with Crippen molar-refractivity contribution in [3.63, 3.8) is 0 Å². The van der Waals surface area contributed by atoms with E-state index in [1.807, 2.05) is 0 Å². The zero-order valence-electron chi connectivity index (χ0n) is 4.56. The minimum Gasteiger partial charge on any atom is -0.855 e. The van der Waals surface area contributed by atoms with Gasteiger partial charge in [0.25, 0.3) is 0 Å². The van der Waals surface area contributed by atoms with Crippen LogP contribution in [0.15, 0.2) is 0 Å².